The third-order valence-electron chi connectivity index (χ3n) is 2.99. The lowest BCUT2D eigenvalue weighted by Gasteiger charge is -2.10. The van der Waals surface area contributed by atoms with Gasteiger partial charge in [-0.3, -0.25) is 4.79 Å². The lowest BCUT2D eigenvalue weighted by Crippen LogP contribution is -2.16. The number of carbonyl (C=O) groups is 1. The fourth-order valence-electron chi connectivity index (χ4n) is 1.96. The Labute approximate surface area is 101 Å². The van der Waals surface area contributed by atoms with Crippen molar-refractivity contribution in [2.45, 2.75) is 12.5 Å². The minimum atomic E-state index is -0.133. The van der Waals surface area contributed by atoms with Crippen LogP contribution in [0.25, 0.3) is 0 Å². The standard InChI is InChI=1S/C12H15NO2.ClH/c1-15-12(14)10-7-9(10)11(13)8-5-3-2-4-6-8;/h2-6,9-11H,7,13H2,1H3;1H/t9-,10-,11+;/m0./s1. The van der Waals surface area contributed by atoms with Gasteiger partial charge in [-0.1, -0.05) is 30.3 Å². The Morgan fingerprint density at radius 2 is 2.06 bits per heavy atom. The number of hydrogen-bond donors (Lipinski definition) is 1. The summed E-state index contributed by atoms with van der Waals surface area (Å²) in [6, 6.07) is 9.83. The van der Waals surface area contributed by atoms with Gasteiger partial charge in [0.05, 0.1) is 13.0 Å². The van der Waals surface area contributed by atoms with Gasteiger partial charge in [0.2, 0.25) is 0 Å². The van der Waals surface area contributed by atoms with Crippen LogP contribution in [0.3, 0.4) is 0 Å². The van der Waals surface area contributed by atoms with Crippen molar-refractivity contribution >= 4 is 18.4 Å². The first kappa shape index (κ1) is 13.0. The topological polar surface area (TPSA) is 52.3 Å². The molecule has 0 bridgehead atoms. The van der Waals surface area contributed by atoms with Gasteiger partial charge in [-0.25, -0.2) is 0 Å². The normalized spacial score (nSPS) is 24.1. The monoisotopic (exact) mass is 241 g/mol. The highest BCUT2D eigenvalue weighted by atomic mass is 35.5. The summed E-state index contributed by atoms with van der Waals surface area (Å²) in [7, 11) is 1.42. The molecule has 1 saturated carbocycles. The molecular weight excluding hydrogens is 226 g/mol. The number of ether oxygens (including phenoxy) is 1. The number of methoxy groups -OCH3 is 1. The van der Waals surface area contributed by atoms with Crippen LogP contribution in [0.1, 0.15) is 18.0 Å². The molecule has 1 aliphatic rings. The highest BCUT2D eigenvalue weighted by molar-refractivity contribution is 5.85. The highest BCUT2D eigenvalue weighted by Gasteiger charge is 2.47. The number of esters is 1. The highest BCUT2D eigenvalue weighted by Crippen LogP contribution is 2.46. The zero-order valence-electron chi connectivity index (χ0n) is 9.13. The third-order valence-corrected chi connectivity index (χ3v) is 2.99. The lowest BCUT2D eigenvalue weighted by molar-refractivity contribution is -0.142. The van der Waals surface area contributed by atoms with Crippen molar-refractivity contribution in [1.29, 1.82) is 0 Å². The number of halogens is 1. The molecule has 1 fully saturated rings. The number of carbonyl (C=O) groups excluding carboxylic acids is 1. The Morgan fingerprint density at radius 1 is 1.44 bits per heavy atom. The van der Waals surface area contributed by atoms with E-state index in [0.29, 0.717) is 0 Å². The first-order valence-corrected chi connectivity index (χ1v) is 5.12. The zero-order chi connectivity index (χ0) is 10.8. The molecule has 3 nitrogen and oxygen atoms in total. The van der Waals surface area contributed by atoms with Crippen LogP contribution in [0.2, 0.25) is 0 Å². The van der Waals surface area contributed by atoms with Crippen LogP contribution in [0.5, 0.6) is 0 Å². The van der Waals surface area contributed by atoms with Gasteiger partial charge in [-0.2, -0.15) is 0 Å². The molecular formula is C12H16ClNO2. The van der Waals surface area contributed by atoms with Crippen LogP contribution < -0.4 is 5.73 Å². The van der Waals surface area contributed by atoms with Gasteiger partial charge in [-0.15, -0.1) is 12.4 Å². The molecule has 3 atom stereocenters. The second kappa shape index (κ2) is 5.32. The van der Waals surface area contributed by atoms with E-state index in [9.17, 15) is 4.79 Å². The van der Waals surface area contributed by atoms with Gasteiger partial charge in [0.1, 0.15) is 0 Å². The maximum absolute atomic E-state index is 11.2. The quantitative estimate of drug-likeness (QED) is 0.823. The number of hydrogen-bond acceptors (Lipinski definition) is 3. The summed E-state index contributed by atoms with van der Waals surface area (Å²) < 4.78 is 4.70. The second-order valence-electron chi connectivity index (χ2n) is 3.97. The Kier molecular flexibility index (Phi) is 4.33. The number of benzene rings is 1. The summed E-state index contributed by atoms with van der Waals surface area (Å²) in [6.45, 7) is 0. The zero-order valence-corrected chi connectivity index (χ0v) is 9.94. The predicted molar refractivity (Wildman–Crippen MR) is 64.2 cm³/mol. The van der Waals surface area contributed by atoms with Crippen LogP contribution in [0, 0.1) is 11.8 Å². The molecule has 1 aromatic carbocycles. The van der Waals surface area contributed by atoms with Gasteiger partial charge in [0.25, 0.3) is 0 Å². The molecule has 88 valence electrons. The third kappa shape index (κ3) is 2.54. The van der Waals surface area contributed by atoms with Gasteiger partial charge in [0, 0.05) is 6.04 Å². The van der Waals surface area contributed by atoms with Crippen molar-refractivity contribution in [2.75, 3.05) is 7.11 Å². The summed E-state index contributed by atoms with van der Waals surface area (Å²) in [6.07, 6.45) is 0.850. The number of rotatable bonds is 3. The van der Waals surface area contributed by atoms with Crippen LogP contribution in [-0.2, 0) is 9.53 Å². The van der Waals surface area contributed by atoms with Crippen molar-refractivity contribution < 1.29 is 9.53 Å². The summed E-state index contributed by atoms with van der Waals surface area (Å²) in [4.78, 5) is 11.2. The van der Waals surface area contributed by atoms with Crippen LogP contribution in [0.15, 0.2) is 30.3 Å². The Morgan fingerprint density at radius 3 is 2.62 bits per heavy atom. The Balaban J connectivity index is 0.00000128. The van der Waals surface area contributed by atoms with E-state index in [2.05, 4.69) is 0 Å². The Bertz CT molecular complexity index is 355. The fourth-order valence-corrected chi connectivity index (χ4v) is 1.96. The number of nitrogens with two attached hydrogens (primary N) is 1. The summed E-state index contributed by atoms with van der Waals surface area (Å²) in [5.41, 5.74) is 7.17. The average Bonchev–Trinajstić information content (AvgIpc) is 3.08. The Hall–Kier alpha value is -1.06. The maximum Gasteiger partial charge on any atom is 0.309 e. The van der Waals surface area contributed by atoms with Crippen LogP contribution in [-0.4, -0.2) is 13.1 Å². The van der Waals surface area contributed by atoms with Gasteiger partial charge in [0.15, 0.2) is 0 Å². The first-order chi connectivity index (χ1) is 7.24. The largest absolute Gasteiger partial charge is 0.469 e. The van der Waals surface area contributed by atoms with E-state index in [4.69, 9.17) is 10.5 Å². The molecule has 4 heteroatoms. The molecule has 0 radical (unpaired) electrons. The van der Waals surface area contributed by atoms with Crippen LogP contribution >= 0.6 is 12.4 Å². The van der Waals surface area contributed by atoms with E-state index < -0.39 is 0 Å². The molecule has 0 amide bonds. The predicted octanol–water partition coefficient (Wildman–Crippen LogP) is 1.92. The van der Waals surface area contributed by atoms with E-state index in [0.717, 1.165) is 12.0 Å². The minimum Gasteiger partial charge on any atom is -0.469 e. The average molecular weight is 242 g/mol. The lowest BCUT2D eigenvalue weighted by atomic mass is 10.0. The van der Waals surface area contributed by atoms with E-state index in [-0.39, 0.29) is 36.3 Å². The van der Waals surface area contributed by atoms with E-state index in [1.807, 2.05) is 30.3 Å². The molecule has 2 N–H and O–H groups in total. The molecule has 0 heterocycles. The maximum atomic E-state index is 11.2. The second-order valence-corrected chi connectivity index (χ2v) is 3.97. The molecule has 0 spiro atoms. The van der Waals surface area contributed by atoms with E-state index in [1.165, 1.54) is 7.11 Å². The molecule has 1 aromatic rings. The van der Waals surface area contributed by atoms with Gasteiger partial charge < -0.3 is 10.5 Å². The molecule has 0 aromatic heterocycles. The van der Waals surface area contributed by atoms with Crippen molar-refractivity contribution in [3.63, 3.8) is 0 Å². The van der Waals surface area contributed by atoms with Crippen molar-refractivity contribution in [3.05, 3.63) is 35.9 Å². The molecule has 0 aliphatic heterocycles. The SMILES string of the molecule is COC(=O)[C@H]1C[C@@H]1[C@H](N)c1ccccc1.Cl. The molecule has 0 saturated heterocycles. The minimum absolute atomic E-state index is 0. The van der Waals surface area contributed by atoms with Crippen molar-refractivity contribution in [3.8, 4) is 0 Å². The fraction of sp³-hybridized carbons (Fsp3) is 0.417. The summed E-state index contributed by atoms with van der Waals surface area (Å²) >= 11 is 0. The molecule has 1 aliphatic carbocycles. The molecule has 16 heavy (non-hydrogen) atoms. The van der Waals surface area contributed by atoms with Crippen molar-refractivity contribution in [2.24, 2.45) is 17.6 Å². The van der Waals surface area contributed by atoms with E-state index >= 15 is 0 Å². The smallest absolute Gasteiger partial charge is 0.309 e. The van der Waals surface area contributed by atoms with Crippen LogP contribution in [0.4, 0.5) is 0 Å². The molecule has 2 rings (SSSR count). The summed E-state index contributed by atoms with van der Waals surface area (Å²) in [5, 5.41) is 0. The molecule has 0 unspecified atom stereocenters. The first-order valence-electron chi connectivity index (χ1n) is 5.12. The van der Waals surface area contributed by atoms with Gasteiger partial charge in [-0.05, 0) is 17.9 Å². The summed E-state index contributed by atoms with van der Waals surface area (Å²) in [5.74, 6) is 0.122. The van der Waals surface area contributed by atoms with Gasteiger partial charge >= 0.3 is 5.97 Å². The van der Waals surface area contributed by atoms with Crippen molar-refractivity contribution in [1.82, 2.24) is 0 Å². The van der Waals surface area contributed by atoms with E-state index in [1.54, 1.807) is 0 Å².